The lowest BCUT2D eigenvalue weighted by atomic mass is 9.83. The molecule has 2 N–H and O–H groups in total. The van der Waals surface area contributed by atoms with Crippen molar-refractivity contribution in [2.75, 3.05) is 13.6 Å². The molecule has 3 rings (SSSR count). The Balaban J connectivity index is 2.20. The SMILES string of the molecule is CN1CC(c2cccc(Br)c2)(c2cccc(CBr)c2)N=C1N. The van der Waals surface area contributed by atoms with Gasteiger partial charge in [-0.1, -0.05) is 68.3 Å². The fourth-order valence-corrected chi connectivity index (χ4v) is 3.62. The van der Waals surface area contributed by atoms with Crippen molar-refractivity contribution in [1.82, 2.24) is 4.90 Å². The van der Waals surface area contributed by atoms with Gasteiger partial charge in [0, 0.05) is 16.9 Å². The van der Waals surface area contributed by atoms with Crippen LogP contribution in [0.25, 0.3) is 0 Å². The molecule has 2 aromatic carbocycles. The molecule has 0 aromatic heterocycles. The van der Waals surface area contributed by atoms with Gasteiger partial charge in [-0.2, -0.15) is 0 Å². The van der Waals surface area contributed by atoms with Gasteiger partial charge in [0.15, 0.2) is 5.96 Å². The van der Waals surface area contributed by atoms with Crippen molar-refractivity contribution in [3.63, 3.8) is 0 Å². The molecule has 3 nitrogen and oxygen atoms in total. The van der Waals surface area contributed by atoms with Crippen LogP contribution in [-0.4, -0.2) is 24.5 Å². The van der Waals surface area contributed by atoms with Crippen LogP contribution in [0.15, 0.2) is 58.0 Å². The van der Waals surface area contributed by atoms with Crippen molar-refractivity contribution in [3.05, 3.63) is 69.7 Å². The lowest BCUT2D eigenvalue weighted by molar-refractivity contribution is 0.432. The first-order valence-corrected chi connectivity index (χ1v) is 8.94. The largest absolute Gasteiger partial charge is 0.370 e. The highest BCUT2D eigenvalue weighted by atomic mass is 79.9. The summed E-state index contributed by atoms with van der Waals surface area (Å²) in [6.07, 6.45) is 0. The van der Waals surface area contributed by atoms with Crippen LogP contribution in [0.2, 0.25) is 0 Å². The number of rotatable bonds is 3. The third kappa shape index (κ3) is 2.68. The molecule has 22 heavy (non-hydrogen) atoms. The smallest absolute Gasteiger partial charge is 0.192 e. The summed E-state index contributed by atoms with van der Waals surface area (Å²) in [5.74, 6) is 0.573. The maximum Gasteiger partial charge on any atom is 0.192 e. The lowest BCUT2D eigenvalue weighted by Crippen LogP contribution is -2.34. The third-order valence-electron chi connectivity index (χ3n) is 4.02. The Morgan fingerprint density at radius 2 is 1.86 bits per heavy atom. The highest BCUT2D eigenvalue weighted by Gasteiger charge is 2.40. The van der Waals surface area contributed by atoms with Gasteiger partial charge in [-0.15, -0.1) is 0 Å². The predicted molar refractivity (Wildman–Crippen MR) is 98.2 cm³/mol. The summed E-state index contributed by atoms with van der Waals surface area (Å²) in [6, 6.07) is 16.8. The monoisotopic (exact) mass is 421 g/mol. The molecule has 114 valence electrons. The Morgan fingerprint density at radius 3 is 2.45 bits per heavy atom. The van der Waals surface area contributed by atoms with Gasteiger partial charge in [0.1, 0.15) is 5.54 Å². The van der Waals surface area contributed by atoms with E-state index in [2.05, 4.69) is 68.3 Å². The molecule has 1 atom stereocenters. The fraction of sp³-hybridized carbons (Fsp3) is 0.235. The zero-order valence-corrected chi connectivity index (χ0v) is 15.4. The van der Waals surface area contributed by atoms with Gasteiger partial charge in [0.2, 0.25) is 0 Å². The first-order valence-electron chi connectivity index (χ1n) is 7.03. The van der Waals surface area contributed by atoms with E-state index in [1.165, 1.54) is 5.56 Å². The number of nitrogens with zero attached hydrogens (tertiary/aromatic N) is 2. The summed E-state index contributed by atoms with van der Waals surface area (Å²) in [5.41, 5.74) is 9.17. The normalized spacial score (nSPS) is 21.0. The van der Waals surface area contributed by atoms with Crippen LogP contribution in [0.3, 0.4) is 0 Å². The first kappa shape index (κ1) is 15.6. The van der Waals surface area contributed by atoms with Gasteiger partial charge in [-0.3, -0.25) is 0 Å². The number of likely N-dealkylation sites (N-methyl/N-ethyl adjacent to an activating group) is 1. The van der Waals surface area contributed by atoms with Crippen molar-refractivity contribution in [2.24, 2.45) is 10.7 Å². The number of nitrogens with two attached hydrogens (primary N) is 1. The Morgan fingerprint density at radius 1 is 1.18 bits per heavy atom. The molecule has 1 heterocycles. The second-order valence-electron chi connectivity index (χ2n) is 5.53. The molecular weight excluding hydrogens is 406 g/mol. The number of aliphatic imine (C=N–C) groups is 1. The van der Waals surface area contributed by atoms with E-state index in [-0.39, 0.29) is 0 Å². The Bertz CT molecular complexity index is 729. The number of guanidine groups is 1. The summed E-state index contributed by atoms with van der Waals surface area (Å²) in [6.45, 7) is 0.737. The quantitative estimate of drug-likeness (QED) is 0.763. The summed E-state index contributed by atoms with van der Waals surface area (Å²) >= 11 is 7.09. The van der Waals surface area contributed by atoms with E-state index in [1.807, 2.05) is 24.1 Å². The summed E-state index contributed by atoms with van der Waals surface area (Å²) in [5, 5.41) is 0.824. The molecule has 0 aliphatic carbocycles. The average Bonchev–Trinajstić information content (AvgIpc) is 2.84. The minimum Gasteiger partial charge on any atom is -0.370 e. The zero-order chi connectivity index (χ0) is 15.7. The molecule has 0 saturated heterocycles. The molecule has 0 spiro atoms. The van der Waals surface area contributed by atoms with Gasteiger partial charge in [0.05, 0.1) is 6.54 Å². The Hall–Kier alpha value is -1.33. The number of alkyl halides is 1. The molecule has 0 radical (unpaired) electrons. The molecule has 1 aliphatic rings. The number of hydrogen-bond acceptors (Lipinski definition) is 3. The summed E-state index contributed by atoms with van der Waals surface area (Å²) < 4.78 is 1.05. The maximum atomic E-state index is 6.09. The van der Waals surface area contributed by atoms with Gasteiger partial charge < -0.3 is 10.6 Å². The van der Waals surface area contributed by atoms with Crippen LogP contribution in [0, 0.1) is 0 Å². The van der Waals surface area contributed by atoms with Gasteiger partial charge in [-0.25, -0.2) is 4.99 Å². The molecule has 0 fully saturated rings. The lowest BCUT2D eigenvalue weighted by Gasteiger charge is -2.28. The van der Waals surface area contributed by atoms with Crippen molar-refractivity contribution in [1.29, 1.82) is 0 Å². The fourth-order valence-electron chi connectivity index (χ4n) is 2.88. The summed E-state index contributed by atoms with van der Waals surface area (Å²) in [7, 11) is 1.98. The van der Waals surface area contributed by atoms with E-state index in [0.29, 0.717) is 5.96 Å². The third-order valence-corrected chi connectivity index (χ3v) is 5.16. The molecular formula is C17H17Br2N3. The minimum absolute atomic E-state index is 0.458. The van der Waals surface area contributed by atoms with E-state index in [0.717, 1.165) is 27.5 Å². The second kappa shape index (κ2) is 6.05. The molecule has 0 saturated carbocycles. The van der Waals surface area contributed by atoms with Crippen molar-refractivity contribution >= 4 is 37.8 Å². The molecule has 2 aromatic rings. The first-order chi connectivity index (χ1) is 10.5. The van der Waals surface area contributed by atoms with E-state index in [9.17, 15) is 0 Å². The van der Waals surface area contributed by atoms with Crippen molar-refractivity contribution in [3.8, 4) is 0 Å². The second-order valence-corrected chi connectivity index (χ2v) is 7.01. The Kier molecular flexibility index (Phi) is 4.28. The van der Waals surface area contributed by atoms with Gasteiger partial charge >= 0.3 is 0 Å². The number of halogens is 2. The van der Waals surface area contributed by atoms with Crippen molar-refractivity contribution < 1.29 is 0 Å². The topological polar surface area (TPSA) is 41.6 Å². The molecule has 0 amide bonds. The molecule has 0 bridgehead atoms. The van der Waals surface area contributed by atoms with Crippen molar-refractivity contribution in [2.45, 2.75) is 10.9 Å². The van der Waals surface area contributed by atoms with Crippen LogP contribution in [-0.2, 0) is 10.9 Å². The summed E-state index contributed by atoms with van der Waals surface area (Å²) in [4.78, 5) is 6.84. The Labute approximate surface area is 147 Å². The van der Waals surface area contributed by atoms with E-state index in [4.69, 9.17) is 10.7 Å². The molecule has 1 unspecified atom stereocenters. The van der Waals surface area contributed by atoms with Crippen LogP contribution in [0.5, 0.6) is 0 Å². The van der Waals surface area contributed by atoms with Crippen LogP contribution >= 0.6 is 31.9 Å². The maximum absolute atomic E-state index is 6.09. The highest BCUT2D eigenvalue weighted by molar-refractivity contribution is 9.10. The number of hydrogen-bond donors (Lipinski definition) is 1. The van der Waals surface area contributed by atoms with Crippen LogP contribution < -0.4 is 5.73 Å². The van der Waals surface area contributed by atoms with Gasteiger partial charge in [-0.05, 0) is 28.8 Å². The van der Waals surface area contributed by atoms with Crippen LogP contribution in [0.4, 0.5) is 0 Å². The highest BCUT2D eigenvalue weighted by Crippen LogP contribution is 2.39. The molecule has 1 aliphatic heterocycles. The predicted octanol–water partition coefficient (Wildman–Crippen LogP) is 3.85. The van der Waals surface area contributed by atoms with E-state index in [1.54, 1.807) is 0 Å². The minimum atomic E-state index is -0.458. The average molecular weight is 423 g/mol. The van der Waals surface area contributed by atoms with Crippen LogP contribution in [0.1, 0.15) is 16.7 Å². The van der Waals surface area contributed by atoms with E-state index < -0.39 is 5.54 Å². The zero-order valence-electron chi connectivity index (χ0n) is 12.3. The van der Waals surface area contributed by atoms with Gasteiger partial charge in [0.25, 0.3) is 0 Å². The van der Waals surface area contributed by atoms with E-state index >= 15 is 0 Å². The number of benzene rings is 2. The standard InChI is InChI=1S/C17H17Br2N3/c1-22-11-17(21-16(22)20,14-6-3-7-15(19)9-14)13-5-2-4-12(8-13)10-18/h2-9H,10-11H2,1H3,(H2,20,21). The molecule has 5 heteroatoms.